The molecule has 12 nitrogen and oxygen atoms in total. The predicted octanol–water partition coefficient (Wildman–Crippen LogP) is 4.58. The van der Waals surface area contributed by atoms with E-state index in [9.17, 15) is 40.9 Å². The summed E-state index contributed by atoms with van der Waals surface area (Å²) in [4.78, 5) is 0. The van der Waals surface area contributed by atoms with Crippen LogP contribution in [0.25, 0.3) is 0 Å². The third-order valence-electron chi connectivity index (χ3n) is 9.20. The largest absolute Gasteiger partial charge is 0.505 e. The Morgan fingerprint density at radius 1 is 0.318 bits per heavy atom. The van der Waals surface area contributed by atoms with E-state index >= 15 is 0 Å². The lowest BCUT2D eigenvalue weighted by molar-refractivity contribution is 0.434. The van der Waals surface area contributed by atoms with Gasteiger partial charge in [-0.05, 0) is 24.3 Å². The molecule has 44 heavy (non-hydrogen) atoms. The van der Waals surface area contributed by atoms with Gasteiger partial charge in [0.2, 0.25) is 0 Å². The zero-order valence-corrected chi connectivity index (χ0v) is 24.5. The Bertz CT molecular complexity index is 1490. The van der Waals surface area contributed by atoms with Crippen molar-refractivity contribution < 1.29 is 40.9 Å². The lowest BCUT2D eigenvalue weighted by Gasteiger charge is -2.27. The van der Waals surface area contributed by atoms with E-state index in [1.807, 2.05) is 0 Å². The molecule has 0 radical (unpaired) electrons. The molecule has 1 aliphatic rings. The van der Waals surface area contributed by atoms with Crippen molar-refractivity contribution in [3.8, 4) is 46.0 Å². The number of hydrogen-bond donors (Lipinski definition) is 12. The molecule has 0 saturated heterocycles. The maximum atomic E-state index is 11.1. The van der Waals surface area contributed by atoms with Crippen LogP contribution in [0.4, 0.5) is 22.7 Å². The molecular weight excluding hydrogens is 568 g/mol. The number of fused-ring (bicyclic) bond motifs is 8. The number of nitrogens with two attached hydrogens (primary N) is 4. The fraction of sp³-hybridized carbons (Fsp3) is 0.250. The fourth-order valence-electron chi connectivity index (χ4n) is 6.22. The molecule has 16 N–H and O–H groups in total. The number of benzene rings is 4. The number of nitrogen functional groups attached to an aromatic ring is 4. The average molecular weight is 605 g/mol. The molecule has 0 spiro atoms. The molecule has 0 aromatic heterocycles. The zero-order valence-electron chi connectivity index (χ0n) is 24.5. The van der Waals surface area contributed by atoms with Crippen molar-refractivity contribution in [2.45, 2.75) is 51.4 Å². The van der Waals surface area contributed by atoms with Crippen molar-refractivity contribution in [3.05, 3.63) is 68.8 Å². The lowest BCUT2D eigenvalue weighted by Crippen LogP contribution is -2.10. The molecular formula is C32H36N4O8. The van der Waals surface area contributed by atoms with E-state index in [1.165, 1.54) is 24.3 Å². The highest BCUT2D eigenvalue weighted by atomic mass is 16.3. The number of phenolic OH excluding ortho intramolecular Hbond substituents is 8. The molecule has 0 amide bonds. The van der Waals surface area contributed by atoms with Crippen molar-refractivity contribution in [3.63, 3.8) is 0 Å². The molecule has 0 aliphatic heterocycles. The van der Waals surface area contributed by atoms with Crippen LogP contribution in [0.1, 0.15) is 95.9 Å². The Hall–Kier alpha value is -5.52. The van der Waals surface area contributed by atoms with Crippen LogP contribution in [0.15, 0.2) is 24.3 Å². The Labute approximate surface area is 252 Å². The van der Waals surface area contributed by atoms with Gasteiger partial charge in [0.25, 0.3) is 0 Å². The van der Waals surface area contributed by atoms with Crippen molar-refractivity contribution >= 4 is 22.7 Å². The summed E-state index contributed by atoms with van der Waals surface area (Å²) in [5.74, 6) is -6.93. The predicted molar refractivity (Wildman–Crippen MR) is 167 cm³/mol. The van der Waals surface area contributed by atoms with Gasteiger partial charge in [0.1, 0.15) is 68.7 Å². The van der Waals surface area contributed by atoms with Crippen LogP contribution in [0.5, 0.6) is 46.0 Å². The van der Waals surface area contributed by atoms with E-state index in [0.29, 0.717) is 0 Å². The van der Waals surface area contributed by atoms with Crippen LogP contribution in [0, 0.1) is 0 Å². The fourth-order valence-corrected chi connectivity index (χ4v) is 6.22. The Morgan fingerprint density at radius 3 is 0.545 bits per heavy atom. The Kier molecular flexibility index (Phi) is 6.84. The number of rotatable bonds is 0. The van der Waals surface area contributed by atoms with Gasteiger partial charge in [-0.3, -0.25) is 0 Å². The van der Waals surface area contributed by atoms with E-state index in [-0.39, 0.29) is 67.3 Å². The maximum Gasteiger partial charge on any atom is 0.146 e. The molecule has 232 valence electrons. The van der Waals surface area contributed by atoms with Crippen LogP contribution in [0.2, 0.25) is 0 Å². The molecule has 1 aliphatic carbocycles. The van der Waals surface area contributed by atoms with E-state index in [4.69, 9.17) is 22.9 Å². The van der Waals surface area contributed by atoms with Gasteiger partial charge >= 0.3 is 0 Å². The number of phenols is 8. The zero-order chi connectivity index (χ0) is 32.7. The molecule has 4 aromatic carbocycles. The highest BCUT2D eigenvalue weighted by Gasteiger charge is 2.32. The highest BCUT2D eigenvalue weighted by Crippen LogP contribution is 2.54. The average Bonchev–Trinajstić information content (AvgIpc) is 2.99. The molecule has 0 fully saturated rings. The summed E-state index contributed by atoms with van der Waals surface area (Å²) in [5.41, 5.74) is 24.7. The molecule has 0 unspecified atom stereocenters. The van der Waals surface area contributed by atoms with E-state index < -0.39 is 69.7 Å². The lowest BCUT2D eigenvalue weighted by atomic mass is 9.80. The summed E-state index contributed by atoms with van der Waals surface area (Å²) in [6.07, 6.45) is 0. The van der Waals surface area contributed by atoms with Gasteiger partial charge in [-0.25, -0.2) is 0 Å². The first-order valence-corrected chi connectivity index (χ1v) is 13.9. The summed E-state index contributed by atoms with van der Waals surface area (Å²) in [5, 5.41) is 88.4. The van der Waals surface area contributed by atoms with Crippen LogP contribution in [-0.2, 0) is 0 Å². The Morgan fingerprint density at radius 2 is 0.432 bits per heavy atom. The van der Waals surface area contributed by atoms with Crippen LogP contribution < -0.4 is 22.9 Å². The summed E-state index contributed by atoms with van der Waals surface area (Å²) >= 11 is 0. The summed E-state index contributed by atoms with van der Waals surface area (Å²) in [6, 6.07) is 5.89. The summed E-state index contributed by atoms with van der Waals surface area (Å²) < 4.78 is 0. The van der Waals surface area contributed by atoms with Gasteiger partial charge in [-0.1, -0.05) is 27.7 Å². The van der Waals surface area contributed by atoms with Crippen molar-refractivity contribution in [1.29, 1.82) is 0 Å². The molecule has 0 saturated carbocycles. The van der Waals surface area contributed by atoms with Crippen molar-refractivity contribution in [2.75, 3.05) is 22.9 Å². The Balaban J connectivity index is 1.97. The topological polar surface area (TPSA) is 266 Å². The molecule has 0 heterocycles. The van der Waals surface area contributed by atoms with Crippen LogP contribution in [0.3, 0.4) is 0 Å². The number of anilines is 4. The normalized spacial score (nSPS) is 19.5. The minimum Gasteiger partial charge on any atom is -0.505 e. The summed E-state index contributed by atoms with van der Waals surface area (Å²) in [7, 11) is 0. The first-order chi connectivity index (χ1) is 20.5. The van der Waals surface area contributed by atoms with E-state index in [0.717, 1.165) is 0 Å². The third kappa shape index (κ3) is 4.05. The highest BCUT2D eigenvalue weighted by molar-refractivity contribution is 5.77. The monoisotopic (exact) mass is 604 g/mol. The standard InChI is InChI=1S/C32H36N4O8/c1-9-13-5-15(27(39)21(33)25(13)37)10(2)17-7-19(31(43)23(35)29(17)41)12(4)20-8-18(30(42)24(36)32(20)44)11(3)16-6-14(9)26(38)22(34)28(16)40/h5-12,37-44H,33-36H2,1-4H3. The van der Waals surface area contributed by atoms with Crippen LogP contribution in [-0.4, -0.2) is 40.9 Å². The second kappa shape index (κ2) is 10.0. The first kappa shape index (κ1) is 30.0. The minimum atomic E-state index is -0.825. The smallest absolute Gasteiger partial charge is 0.146 e. The number of hydrogen-bond acceptors (Lipinski definition) is 12. The van der Waals surface area contributed by atoms with Gasteiger partial charge in [0.05, 0.1) is 0 Å². The van der Waals surface area contributed by atoms with Gasteiger partial charge in [0, 0.05) is 68.2 Å². The van der Waals surface area contributed by atoms with E-state index in [1.54, 1.807) is 27.7 Å². The first-order valence-electron chi connectivity index (χ1n) is 13.9. The third-order valence-corrected chi connectivity index (χ3v) is 9.20. The molecule has 12 heteroatoms. The van der Waals surface area contributed by atoms with Crippen molar-refractivity contribution in [2.24, 2.45) is 0 Å². The molecule has 0 atom stereocenters. The summed E-state index contributed by atoms with van der Waals surface area (Å²) in [6.45, 7) is 6.58. The van der Waals surface area contributed by atoms with Gasteiger partial charge in [0.15, 0.2) is 0 Å². The maximum absolute atomic E-state index is 11.1. The van der Waals surface area contributed by atoms with Crippen molar-refractivity contribution in [1.82, 2.24) is 0 Å². The molecule has 5 rings (SSSR count). The van der Waals surface area contributed by atoms with E-state index in [2.05, 4.69) is 0 Å². The van der Waals surface area contributed by atoms with Gasteiger partial charge < -0.3 is 63.8 Å². The SMILES string of the molecule is CC1c2cc(c(O)c(N)c2O)C(C)c2cc(c(O)c(N)c2O)C(C)c2cc(c(O)c(N)c2O)C(C)c2cc1c(O)c(N)c2O. The molecule has 8 bridgehead atoms. The number of aromatic hydroxyl groups is 8. The second-order valence-corrected chi connectivity index (χ2v) is 11.6. The second-order valence-electron chi connectivity index (χ2n) is 11.6. The van der Waals surface area contributed by atoms with Gasteiger partial charge in [-0.2, -0.15) is 0 Å². The van der Waals surface area contributed by atoms with Gasteiger partial charge in [-0.15, -0.1) is 0 Å². The minimum absolute atomic E-state index is 0.187. The van der Waals surface area contributed by atoms with Crippen LogP contribution >= 0.6 is 0 Å². The quantitative estimate of drug-likeness (QED) is 0.0971. The molecule has 4 aromatic rings.